The number of amides is 1. The van der Waals surface area contributed by atoms with E-state index < -0.39 is 6.09 Å². The van der Waals surface area contributed by atoms with Gasteiger partial charge in [0.15, 0.2) is 5.76 Å². The van der Waals surface area contributed by atoms with Gasteiger partial charge in [-0.2, -0.15) is 0 Å². The molecular weight excluding hydrogens is 361 g/mol. The smallest absolute Gasteiger partial charge is 0.410 e. The molecule has 0 fully saturated rings. The second-order valence-corrected chi connectivity index (χ2v) is 7.68. The van der Waals surface area contributed by atoms with Crippen molar-refractivity contribution in [2.24, 2.45) is 0 Å². The van der Waals surface area contributed by atoms with Gasteiger partial charge in [-0.05, 0) is 57.0 Å². The van der Waals surface area contributed by atoms with Crippen molar-refractivity contribution in [2.45, 2.75) is 52.5 Å². The summed E-state index contributed by atoms with van der Waals surface area (Å²) in [5.41, 5.74) is 0.551. The molecule has 2 rings (SSSR count). The topological polar surface area (TPSA) is 59.8 Å². The minimum Gasteiger partial charge on any atom is -0.458 e. The molecule has 0 N–H and O–H groups in total. The fourth-order valence-corrected chi connectivity index (χ4v) is 2.78. The molecular formula is C22H28FNO4. The van der Waals surface area contributed by atoms with E-state index in [-0.39, 0.29) is 35.9 Å². The molecule has 2 aromatic rings. The summed E-state index contributed by atoms with van der Waals surface area (Å²) >= 11 is 0. The van der Waals surface area contributed by atoms with Gasteiger partial charge in [0.2, 0.25) is 5.78 Å². The van der Waals surface area contributed by atoms with E-state index in [0.29, 0.717) is 18.7 Å². The molecule has 0 saturated heterocycles. The van der Waals surface area contributed by atoms with Crippen LogP contribution in [0.2, 0.25) is 0 Å². The molecule has 0 aliphatic heterocycles. The van der Waals surface area contributed by atoms with Gasteiger partial charge in [-0.1, -0.05) is 19.1 Å². The highest BCUT2D eigenvalue weighted by atomic mass is 19.1. The summed E-state index contributed by atoms with van der Waals surface area (Å²) in [5, 5.41) is 0. The molecule has 1 aromatic heterocycles. The molecule has 0 bridgehead atoms. The van der Waals surface area contributed by atoms with E-state index in [1.165, 1.54) is 12.1 Å². The van der Waals surface area contributed by atoms with Crippen LogP contribution in [0.5, 0.6) is 0 Å². The van der Waals surface area contributed by atoms with Crippen LogP contribution in [0, 0.1) is 5.82 Å². The lowest BCUT2D eigenvalue weighted by Crippen LogP contribution is -2.46. The Morgan fingerprint density at radius 3 is 2.39 bits per heavy atom. The second kappa shape index (κ2) is 9.53. The van der Waals surface area contributed by atoms with Gasteiger partial charge in [0, 0.05) is 24.9 Å². The number of hydrogen-bond donors (Lipinski definition) is 0. The Morgan fingerprint density at radius 2 is 1.79 bits per heavy atom. The van der Waals surface area contributed by atoms with Crippen molar-refractivity contribution in [3.05, 3.63) is 59.3 Å². The summed E-state index contributed by atoms with van der Waals surface area (Å²) in [5.74, 6) is 0.330. The molecule has 1 aromatic carbocycles. The van der Waals surface area contributed by atoms with Crippen molar-refractivity contribution in [3.63, 3.8) is 0 Å². The zero-order chi connectivity index (χ0) is 20.7. The highest BCUT2D eigenvalue weighted by Crippen LogP contribution is 2.17. The van der Waals surface area contributed by atoms with E-state index in [0.717, 1.165) is 12.0 Å². The number of benzene rings is 1. The fourth-order valence-electron chi connectivity index (χ4n) is 2.78. The van der Waals surface area contributed by atoms with Gasteiger partial charge in [0.05, 0.1) is 0 Å². The molecule has 5 nitrogen and oxygen atoms in total. The van der Waals surface area contributed by atoms with Gasteiger partial charge in [0.1, 0.15) is 18.2 Å². The zero-order valence-corrected chi connectivity index (χ0v) is 17.0. The standard InChI is InChI=1S/C22H28FNO4/c1-5-13-24(22(2,3)4)21(26)27-14-12-19(25)20-11-10-18(28-20)15-16-6-8-17(23)9-7-16/h6-11H,5,12-15H2,1-4H3. The Labute approximate surface area is 165 Å². The Bertz CT molecular complexity index is 790. The Morgan fingerprint density at radius 1 is 1.11 bits per heavy atom. The van der Waals surface area contributed by atoms with Gasteiger partial charge in [-0.25, -0.2) is 9.18 Å². The number of halogens is 1. The maximum Gasteiger partial charge on any atom is 0.410 e. The third-order valence-corrected chi connectivity index (χ3v) is 4.26. The van der Waals surface area contributed by atoms with Gasteiger partial charge in [-0.15, -0.1) is 0 Å². The number of ether oxygens (including phenoxy) is 1. The van der Waals surface area contributed by atoms with Crippen LogP contribution in [0.25, 0.3) is 0 Å². The van der Waals surface area contributed by atoms with Crippen LogP contribution >= 0.6 is 0 Å². The first kappa shape index (κ1) is 21.7. The van der Waals surface area contributed by atoms with Gasteiger partial charge in [0.25, 0.3) is 0 Å². The average molecular weight is 389 g/mol. The number of Topliss-reactive ketones (excluding diaryl/α,β-unsaturated/α-hetero) is 1. The molecule has 1 amide bonds. The second-order valence-electron chi connectivity index (χ2n) is 7.68. The summed E-state index contributed by atoms with van der Waals surface area (Å²) in [4.78, 5) is 26.2. The summed E-state index contributed by atoms with van der Waals surface area (Å²) in [6.07, 6.45) is 0.937. The van der Waals surface area contributed by atoms with E-state index in [2.05, 4.69) is 0 Å². The molecule has 28 heavy (non-hydrogen) atoms. The van der Waals surface area contributed by atoms with Crippen LogP contribution in [0.3, 0.4) is 0 Å². The van der Waals surface area contributed by atoms with Gasteiger partial charge < -0.3 is 14.1 Å². The average Bonchev–Trinajstić information content (AvgIpc) is 3.09. The predicted molar refractivity (Wildman–Crippen MR) is 105 cm³/mol. The first-order valence-corrected chi connectivity index (χ1v) is 9.51. The molecule has 152 valence electrons. The maximum absolute atomic E-state index is 13.0. The van der Waals surface area contributed by atoms with E-state index in [4.69, 9.17) is 9.15 Å². The van der Waals surface area contributed by atoms with Crippen molar-refractivity contribution in [2.75, 3.05) is 13.2 Å². The van der Waals surface area contributed by atoms with Crippen LogP contribution < -0.4 is 0 Å². The molecule has 6 heteroatoms. The van der Waals surface area contributed by atoms with Crippen molar-refractivity contribution in [1.82, 2.24) is 4.90 Å². The molecule has 0 saturated carbocycles. The minimum absolute atomic E-state index is 0.00194. The van der Waals surface area contributed by atoms with Crippen LogP contribution in [-0.4, -0.2) is 35.5 Å². The van der Waals surface area contributed by atoms with E-state index in [1.54, 1.807) is 29.2 Å². The number of carbonyl (C=O) groups excluding carboxylic acids is 2. The van der Waals surface area contributed by atoms with Crippen molar-refractivity contribution in [3.8, 4) is 0 Å². The summed E-state index contributed by atoms with van der Waals surface area (Å²) in [7, 11) is 0. The van der Waals surface area contributed by atoms with Crippen LogP contribution in [-0.2, 0) is 11.2 Å². The molecule has 0 aliphatic carbocycles. The van der Waals surface area contributed by atoms with Crippen LogP contribution in [0.1, 0.15) is 62.4 Å². The van der Waals surface area contributed by atoms with E-state index in [1.807, 2.05) is 27.7 Å². The monoisotopic (exact) mass is 389 g/mol. The summed E-state index contributed by atoms with van der Waals surface area (Å²) in [6.45, 7) is 8.43. The van der Waals surface area contributed by atoms with Crippen LogP contribution in [0.15, 0.2) is 40.8 Å². The van der Waals surface area contributed by atoms with Crippen molar-refractivity contribution >= 4 is 11.9 Å². The molecule has 0 atom stereocenters. The number of ketones is 1. The number of hydrogen-bond acceptors (Lipinski definition) is 4. The molecule has 0 spiro atoms. The fraction of sp³-hybridized carbons (Fsp3) is 0.455. The van der Waals surface area contributed by atoms with Crippen molar-refractivity contribution in [1.29, 1.82) is 0 Å². The Hall–Kier alpha value is -2.63. The third kappa shape index (κ3) is 6.22. The quantitative estimate of drug-likeness (QED) is 0.580. The lowest BCUT2D eigenvalue weighted by Gasteiger charge is -2.34. The molecule has 1 heterocycles. The predicted octanol–water partition coefficient (Wildman–Crippen LogP) is 5.23. The number of rotatable bonds is 8. The Balaban J connectivity index is 1.85. The normalized spacial score (nSPS) is 11.3. The lowest BCUT2D eigenvalue weighted by molar-refractivity contribution is 0.0641. The minimum atomic E-state index is -0.418. The van der Waals surface area contributed by atoms with Gasteiger partial charge in [-0.3, -0.25) is 4.79 Å². The summed E-state index contributed by atoms with van der Waals surface area (Å²) in [6, 6.07) is 9.47. The molecule has 0 radical (unpaired) electrons. The highest BCUT2D eigenvalue weighted by molar-refractivity contribution is 5.93. The number of furan rings is 1. The molecule has 0 unspecified atom stereocenters. The first-order valence-electron chi connectivity index (χ1n) is 9.51. The zero-order valence-electron chi connectivity index (χ0n) is 17.0. The van der Waals surface area contributed by atoms with Gasteiger partial charge >= 0.3 is 6.09 Å². The summed E-state index contributed by atoms with van der Waals surface area (Å²) < 4.78 is 23.8. The third-order valence-electron chi connectivity index (χ3n) is 4.26. The van der Waals surface area contributed by atoms with Crippen molar-refractivity contribution < 1.29 is 23.1 Å². The Kier molecular flexibility index (Phi) is 7.38. The van der Waals surface area contributed by atoms with E-state index >= 15 is 0 Å². The molecule has 0 aliphatic rings. The lowest BCUT2D eigenvalue weighted by atomic mass is 10.1. The van der Waals surface area contributed by atoms with E-state index in [9.17, 15) is 14.0 Å². The first-order chi connectivity index (χ1) is 13.2. The van der Waals surface area contributed by atoms with Crippen LogP contribution in [0.4, 0.5) is 9.18 Å². The number of nitrogens with zero attached hydrogens (tertiary/aromatic N) is 1. The largest absolute Gasteiger partial charge is 0.458 e. The number of carbonyl (C=O) groups is 2. The highest BCUT2D eigenvalue weighted by Gasteiger charge is 2.27. The SMILES string of the molecule is CCCN(C(=O)OCCC(=O)c1ccc(Cc2ccc(F)cc2)o1)C(C)(C)C. The maximum atomic E-state index is 13.0.